The lowest BCUT2D eigenvalue weighted by molar-refractivity contribution is -0.115. The minimum absolute atomic E-state index is 0.420. The van der Waals surface area contributed by atoms with Gasteiger partial charge in [-0.1, -0.05) is 30.3 Å². The van der Waals surface area contributed by atoms with Crippen molar-refractivity contribution in [1.82, 2.24) is 5.32 Å². The first-order chi connectivity index (χ1) is 10.2. The Morgan fingerprint density at radius 2 is 1.81 bits per heavy atom. The third-order valence-electron chi connectivity index (χ3n) is 2.79. The summed E-state index contributed by atoms with van der Waals surface area (Å²) in [5.41, 5.74) is 1.26. The van der Waals surface area contributed by atoms with Crippen molar-refractivity contribution >= 4 is 17.9 Å². The number of nitrogens with one attached hydrogen (secondary N) is 1. The molecule has 2 aromatic rings. The lowest BCUT2D eigenvalue weighted by Gasteiger charge is -2.01. The van der Waals surface area contributed by atoms with Gasteiger partial charge in [0.15, 0.2) is 0 Å². The number of carbonyl (C=O) groups excluding carboxylic acids is 2. The molecule has 2 amide bonds. The molecule has 0 spiro atoms. The van der Waals surface area contributed by atoms with Gasteiger partial charge in [0, 0.05) is 11.6 Å². The van der Waals surface area contributed by atoms with Crippen LogP contribution in [0.15, 0.2) is 60.7 Å². The Morgan fingerprint density at radius 3 is 2.52 bits per heavy atom. The summed E-state index contributed by atoms with van der Waals surface area (Å²) >= 11 is 0. The lowest BCUT2D eigenvalue weighted by atomic mass is 10.2. The molecule has 2 rings (SSSR count). The summed E-state index contributed by atoms with van der Waals surface area (Å²) in [6.45, 7) is 0. The third kappa shape index (κ3) is 4.31. The molecule has 0 saturated carbocycles. The van der Waals surface area contributed by atoms with Crippen molar-refractivity contribution in [1.29, 1.82) is 0 Å². The molecule has 0 fully saturated rings. The zero-order chi connectivity index (χ0) is 15.1. The number of benzene rings is 2. The highest BCUT2D eigenvalue weighted by Crippen LogP contribution is 2.13. The van der Waals surface area contributed by atoms with Crippen molar-refractivity contribution in [3.8, 4) is 5.75 Å². The van der Waals surface area contributed by atoms with E-state index in [0.29, 0.717) is 11.3 Å². The zero-order valence-electron chi connectivity index (χ0n) is 11.6. The molecular weight excluding hydrogens is 266 g/mol. The van der Waals surface area contributed by atoms with E-state index < -0.39 is 11.8 Å². The van der Waals surface area contributed by atoms with E-state index in [1.165, 1.54) is 6.08 Å². The largest absolute Gasteiger partial charge is 0.497 e. The van der Waals surface area contributed by atoms with Crippen LogP contribution in [-0.2, 0) is 4.79 Å². The molecular formula is C17H15NO3. The molecule has 0 atom stereocenters. The topological polar surface area (TPSA) is 55.4 Å². The molecule has 1 N–H and O–H groups in total. The molecule has 21 heavy (non-hydrogen) atoms. The van der Waals surface area contributed by atoms with Crippen molar-refractivity contribution in [2.75, 3.05) is 7.11 Å². The Kier molecular flexibility index (Phi) is 4.88. The summed E-state index contributed by atoms with van der Waals surface area (Å²) in [6.07, 6.45) is 2.94. The van der Waals surface area contributed by atoms with Crippen molar-refractivity contribution in [3.63, 3.8) is 0 Å². The van der Waals surface area contributed by atoms with Gasteiger partial charge in [-0.15, -0.1) is 0 Å². The second-order valence-electron chi connectivity index (χ2n) is 4.29. The summed E-state index contributed by atoms with van der Waals surface area (Å²) in [6, 6.07) is 15.9. The van der Waals surface area contributed by atoms with Crippen molar-refractivity contribution < 1.29 is 14.3 Å². The first-order valence-corrected chi connectivity index (χ1v) is 6.41. The molecule has 0 heterocycles. The number of amides is 2. The van der Waals surface area contributed by atoms with E-state index in [1.54, 1.807) is 49.6 Å². The van der Waals surface area contributed by atoms with Gasteiger partial charge >= 0.3 is 0 Å². The van der Waals surface area contributed by atoms with Gasteiger partial charge in [0.2, 0.25) is 0 Å². The van der Waals surface area contributed by atoms with Crippen LogP contribution < -0.4 is 10.1 Å². The molecule has 0 aliphatic carbocycles. The Morgan fingerprint density at radius 1 is 1.05 bits per heavy atom. The molecule has 106 valence electrons. The number of rotatable bonds is 4. The summed E-state index contributed by atoms with van der Waals surface area (Å²) < 4.78 is 5.10. The van der Waals surface area contributed by atoms with Gasteiger partial charge in [-0.25, -0.2) is 0 Å². The van der Waals surface area contributed by atoms with Gasteiger partial charge in [0.25, 0.3) is 11.8 Å². The fourth-order valence-electron chi connectivity index (χ4n) is 1.73. The summed E-state index contributed by atoms with van der Waals surface area (Å²) in [4.78, 5) is 23.5. The van der Waals surface area contributed by atoms with E-state index in [9.17, 15) is 9.59 Å². The highest BCUT2D eigenvalue weighted by molar-refractivity contribution is 6.09. The molecule has 4 heteroatoms. The monoisotopic (exact) mass is 281 g/mol. The first-order valence-electron chi connectivity index (χ1n) is 6.41. The smallest absolute Gasteiger partial charge is 0.258 e. The fraction of sp³-hybridized carbons (Fsp3) is 0.0588. The molecule has 4 nitrogen and oxygen atoms in total. The van der Waals surface area contributed by atoms with Crippen LogP contribution in [0.25, 0.3) is 6.08 Å². The Bertz CT molecular complexity index is 663. The maximum absolute atomic E-state index is 11.8. The second-order valence-corrected chi connectivity index (χ2v) is 4.29. The average molecular weight is 281 g/mol. The standard InChI is InChI=1S/C17H15NO3/c1-21-15-9-5-6-13(12-15)10-11-16(19)18-17(20)14-7-3-2-4-8-14/h2-12H,1H3,(H,18,19,20)/b11-10+. The Balaban J connectivity index is 1.98. The maximum Gasteiger partial charge on any atom is 0.258 e. The zero-order valence-corrected chi connectivity index (χ0v) is 11.6. The van der Waals surface area contributed by atoms with Crippen LogP contribution >= 0.6 is 0 Å². The average Bonchev–Trinajstić information content (AvgIpc) is 2.54. The molecule has 0 aromatic heterocycles. The van der Waals surface area contributed by atoms with Crippen LogP contribution in [0.1, 0.15) is 15.9 Å². The van der Waals surface area contributed by atoms with Gasteiger partial charge in [0.1, 0.15) is 5.75 Å². The quantitative estimate of drug-likeness (QED) is 0.877. The minimum Gasteiger partial charge on any atom is -0.497 e. The van der Waals surface area contributed by atoms with E-state index in [-0.39, 0.29) is 0 Å². The molecule has 0 bridgehead atoms. The predicted octanol–water partition coefficient (Wildman–Crippen LogP) is 2.67. The van der Waals surface area contributed by atoms with Crippen molar-refractivity contribution in [3.05, 3.63) is 71.8 Å². The van der Waals surface area contributed by atoms with E-state index in [0.717, 1.165) is 5.56 Å². The maximum atomic E-state index is 11.8. The van der Waals surface area contributed by atoms with Crippen LogP contribution in [0.4, 0.5) is 0 Å². The number of hydrogen-bond donors (Lipinski definition) is 1. The number of ether oxygens (including phenoxy) is 1. The molecule has 0 aliphatic heterocycles. The fourth-order valence-corrected chi connectivity index (χ4v) is 1.73. The van der Waals surface area contributed by atoms with E-state index in [4.69, 9.17) is 4.74 Å². The van der Waals surface area contributed by atoms with E-state index in [2.05, 4.69) is 5.32 Å². The Hall–Kier alpha value is -2.88. The highest BCUT2D eigenvalue weighted by Gasteiger charge is 2.06. The number of hydrogen-bond acceptors (Lipinski definition) is 3. The van der Waals surface area contributed by atoms with Crippen LogP contribution in [0.3, 0.4) is 0 Å². The Labute approximate surface area is 123 Å². The molecule has 0 saturated heterocycles. The molecule has 0 aliphatic rings. The first kappa shape index (κ1) is 14.5. The molecule has 0 radical (unpaired) electrons. The molecule has 0 unspecified atom stereocenters. The SMILES string of the molecule is COc1cccc(/C=C/C(=O)NC(=O)c2ccccc2)c1. The van der Waals surface area contributed by atoms with Crippen molar-refractivity contribution in [2.24, 2.45) is 0 Å². The second kappa shape index (κ2) is 7.05. The van der Waals surface area contributed by atoms with Gasteiger partial charge < -0.3 is 4.74 Å². The van der Waals surface area contributed by atoms with Crippen LogP contribution in [0, 0.1) is 0 Å². The van der Waals surface area contributed by atoms with E-state index in [1.807, 2.05) is 18.2 Å². The highest BCUT2D eigenvalue weighted by atomic mass is 16.5. The van der Waals surface area contributed by atoms with Gasteiger partial charge in [-0.2, -0.15) is 0 Å². The number of carbonyl (C=O) groups is 2. The normalized spacial score (nSPS) is 10.3. The van der Waals surface area contributed by atoms with E-state index >= 15 is 0 Å². The van der Waals surface area contributed by atoms with Crippen LogP contribution in [0.5, 0.6) is 5.75 Å². The van der Waals surface area contributed by atoms with Gasteiger partial charge in [-0.3, -0.25) is 14.9 Å². The van der Waals surface area contributed by atoms with Crippen LogP contribution in [0.2, 0.25) is 0 Å². The minimum atomic E-state index is -0.466. The summed E-state index contributed by atoms with van der Waals surface area (Å²) in [5.74, 6) is -0.180. The van der Waals surface area contributed by atoms with Gasteiger partial charge in [-0.05, 0) is 35.9 Å². The van der Waals surface area contributed by atoms with Crippen LogP contribution in [-0.4, -0.2) is 18.9 Å². The molecule has 2 aromatic carbocycles. The summed E-state index contributed by atoms with van der Waals surface area (Å²) in [7, 11) is 1.58. The predicted molar refractivity (Wildman–Crippen MR) is 80.9 cm³/mol. The number of imide groups is 1. The van der Waals surface area contributed by atoms with Crippen molar-refractivity contribution in [2.45, 2.75) is 0 Å². The summed E-state index contributed by atoms with van der Waals surface area (Å²) in [5, 5.41) is 2.30. The lowest BCUT2D eigenvalue weighted by Crippen LogP contribution is -2.28. The van der Waals surface area contributed by atoms with Gasteiger partial charge in [0.05, 0.1) is 7.11 Å². The third-order valence-corrected chi connectivity index (χ3v) is 2.79. The number of methoxy groups -OCH3 is 1.